The van der Waals surface area contributed by atoms with Crippen LogP contribution < -0.4 is 4.90 Å². The highest BCUT2D eigenvalue weighted by Gasteiger charge is 2.43. The summed E-state index contributed by atoms with van der Waals surface area (Å²) in [6.45, 7) is 5.31. The number of pyridine rings is 1. The second kappa shape index (κ2) is 4.35. The van der Waals surface area contributed by atoms with E-state index < -0.39 is 11.4 Å². The van der Waals surface area contributed by atoms with Gasteiger partial charge in [0.1, 0.15) is 0 Å². The Labute approximate surface area is 101 Å². The molecular weight excluding hydrogens is 216 g/mol. The van der Waals surface area contributed by atoms with Crippen LogP contribution >= 0.6 is 0 Å². The second-order valence-electron chi connectivity index (χ2n) is 4.77. The van der Waals surface area contributed by atoms with Crippen LogP contribution in [0.3, 0.4) is 0 Å². The van der Waals surface area contributed by atoms with Crippen LogP contribution in [-0.2, 0) is 4.79 Å². The summed E-state index contributed by atoms with van der Waals surface area (Å²) in [5.41, 5.74) is 1.47. The van der Waals surface area contributed by atoms with E-state index in [1.54, 1.807) is 6.20 Å². The molecule has 1 fully saturated rings. The molecule has 2 heterocycles. The van der Waals surface area contributed by atoms with Gasteiger partial charge in [0.2, 0.25) is 0 Å². The van der Waals surface area contributed by atoms with Gasteiger partial charge in [-0.25, -0.2) is 0 Å². The van der Waals surface area contributed by atoms with Crippen LogP contribution in [0.4, 0.5) is 5.69 Å². The summed E-state index contributed by atoms with van der Waals surface area (Å²) >= 11 is 0. The molecule has 17 heavy (non-hydrogen) atoms. The van der Waals surface area contributed by atoms with Crippen molar-refractivity contribution in [1.82, 2.24) is 4.98 Å². The summed E-state index contributed by atoms with van der Waals surface area (Å²) in [6, 6.07) is 3.95. The minimum Gasteiger partial charge on any atom is -0.481 e. The summed E-state index contributed by atoms with van der Waals surface area (Å²) in [7, 11) is 0. The zero-order valence-electron chi connectivity index (χ0n) is 10.3. The van der Waals surface area contributed by atoms with E-state index in [1.807, 2.05) is 26.0 Å². The zero-order chi connectivity index (χ0) is 12.5. The fourth-order valence-electron chi connectivity index (χ4n) is 2.43. The number of aromatic nitrogens is 1. The molecule has 4 nitrogen and oxygen atoms in total. The van der Waals surface area contributed by atoms with Gasteiger partial charge in [-0.05, 0) is 31.9 Å². The number of rotatable bonds is 3. The van der Waals surface area contributed by atoms with Gasteiger partial charge in [-0.3, -0.25) is 9.78 Å². The van der Waals surface area contributed by atoms with Gasteiger partial charge in [0.25, 0.3) is 0 Å². The second-order valence-corrected chi connectivity index (χ2v) is 4.77. The topological polar surface area (TPSA) is 53.4 Å². The predicted octanol–water partition coefficient (Wildman–Crippen LogP) is 2.08. The Morgan fingerprint density at radius 3 is 2.94 bits per heavy atom. The molecule has 1 aromatic rings. The van der Waals surface area contributed by atoms with E-state index in [9.17, 15) is 9.90 Å². The van der Waals surface area contributed by atoms with Crippen LogP contribution in [0, 0.1) is 12.3 Å². The smallest absolute Gasteiger partial charge is 0.311 e. The third-order valence-corrected chi connectivity index (χ3v) is 3.73. The molecule has 0 bridgehead atoms. The molecule has 1 saturated heterocycles. The van der Waals surface area contributed by atoms with Gasteiger partial charge < -0.3 is 10.0 Å². The highest BCUT2D eigenvalue weighted by Crippen LogP contribution is 2.36. The molecule has 0 amide bonds. The average molecular weight is 234 g/mol. The molecule has 1 aliphatic heterocycles. The highest BCUT2D eigenvalue weighted by molar-refractivity contribution is 5.76. The van der Waals surface area contributed by atoms with E-state index >= 15 is 0 Å². The molecule has 0 saturated carbocycles. The molecule has 0 radical (unpaired) electrons. The molecule has 2 rings (SSSR count). The molecule has 1 atom stereocenters. The van der Waals surface area contributed by atoms with Crippen molar-refractivity contribution in [3.63, 3.8) is 0 Å². The van der Waals surface area contributed by atoms with E-state index in [0.29, 0.717) is 13.0 Å². The molecule has 0 spiro atoms. The molecule has 1 aromatic heterocycles. The van der Waals surface area contributed by atoms with Crippen LogP contribution in [-0.4, -0.2) is 29.1 Å². The van der Waals surface area contributed by atoms with Crippen molar-refractivity contribution < 1.29 is 9.90 Å². The summed E-state index contributed by atoms with van der Waals surface area (Å²) in [6.07, 6.45) is 3.18. The standard InChI is InChI=1S/C13H18N2O2/c1-3-13(12(16)17)5-7-15(9-13)11-4-6-14-10(2)8-11/h4,6,8H,3,5,7,9H2,1-2H3,(H,16,17). The molecule has 4 heteroatoms. The fourth-order valence-corrected chi connectivity index (χ4v) is 2.43. The molecule has 0 aromatic carbocycles. The van der Waals surface area contributed by atoms with Crippen LogP contribution in [0.15, 0.2) is 18.3 Å². The van der Waals surface area contributed by atoms with Gasteiger partial charge in [-0.2, -0.15) is 0 Å². The van der Waals surface area contributed by atoms with Crippen molar-refractivity contribution in [3.05, 3.63) is 24.0 Å². The SMILES string of the molecule is CCC1(C(=O)O)CCN(c2ccnc(C)c2)C1. The van der Waals surface area contributed by atoms with Crippen LogP contribution in [0.1, 0.15) is 25.5 Å². The summed E-state index contributed by atoms with van der Waals surface area (Å²) in [4.78, 5) is 17.7. The van der Waals surface area contributed by atoms with E-state index in [2.05, 4.69) is 9.88 Å². The van der Waals surface area contributed by atoms with Crippen molar-refractivity contribution in [2.75, 3.05) is 18.0 Å². The normalized spacial score (nSPS) is 24.0. The number of aliphatic carboxylic acids is 1. The third kappa shape index (κ3) is 2.12. The van der Waals surface area contributed by atoms with Crippen molar-refractivity contribution in [3.8, 4) is 0 Å². The molecular formula is C13H18N2O2. The quantitative estimate of drug-likeness (QED) is 0.870. The van der Waals surface area contributed by atoms with Gasteiger partial charge in [-0.15, -0.1) is 0 Å². The summed E-state index contributed by atoms with van der Waals surface area (Å²) < 4.78 is 0. The average Bonchev–Trinajstić information content (AvgIpc) is 2.74. The third-order valence-electron chi connectivity index (χ3n) is 3.73. The Balaban J connectivity index is 2.20. The number of carbonyl (C=O) groups is 1. The molecule has 0 aliphatic carbocycles. The first-order valence-electron chi connectivity index (χ1n) is 5.98. The maximum atomic E-state index is 11.4. The molecule has 1 N–H and O–H groups in total. The lowest BCUT2D eigenvalue weighted by Gasteiger charge is -2.24. The Kier molecular flexibility index (Phi) is 3.05. The molecule has 1 aliphatic rings. The van der Waals surface area contributed by atoms with Crippen molar-refractivity contribution in [2.24, 2.45) is 5.41 Å². The van der Waals surface area contributed by atoms with Gasteiger partial charge in [0, 0.05) is 30.7 Å². The Morgan fingerprint density at radius 1 is 1.65 bits per heavy atom. The van der Waals surface area contributed by atoms with Crippen molar-refractivity contribution in [1.29, 1.82) is 0 Å². The van der Waals surface area contributed by atoms with Crippen LogP contribution in [0.25, 0.3) is 0 Å². The number of nitrogens with zero attached hydrogens (tertiary/aromatic N) is 2. The van der Waals surface area contributed by atoms with Gasteiger partial charge in [0.15, 0.2) is 0 Å². The number of aryl methyl sites for hydroxylation is 1. The van der Waals surface area contributed by atoms with Gasteiger partial charge in [-0.1, -0.05) is 6.92 Å². The predicted molar refractivity (Wildman–Crippen MR) is 66.2 cm³/mol. The lowest BCUT2D eigenvalue weighted by molar-refractivity contribution is -0.147. The zero-order valence-corrected chi connectivity index (χ0v) is 10.3. The maximum Gasteiger partial charge on any atom is 0.311 e. The first kappa shape index (κ1) is 11.9. The molecule has 92 valence electrons. The van der Waals surface area contributed by atoms with E-state index in [1.165, 1.54) is 0 Å². The fraction of sp³-hybridized carbons (Fsp3) is 0.538. The van der Waals surface area contributed by atoms with E-state index in [-0.39, 0.29) is 0 Å². The maximum absolute atomic E-state index is 11.4. The van der Waals surface area contributed by atoms with Crippen LogP contribution in [0.5, 0.6) is 0 Å². The monoisotopic (exact) mass is 234 g/mol. The molecule has 1 unspecified atom stereocenters. The lowest BCUT2D eigenvalue weighted by atomic mass is 9.84. The van der Waals surface area contributed by atoms with Crippen LogP contribution in [0.2, 0.25) is 0 Å². The summed E-state index contributed by atoms with van der Waals surface area (Å²) in [5, 5.41) is 9.34. The van der Waals surface area contributed by atoms with E-state index in [0.717, 1.165) is 24.3 Å². The first-order valence-corrected chi connectivity index (χ1v) is 5.98. The Bertz CT molecular complexity index is 433. The van der Waals surface area contributed by atoms with Gasteiger partial charge >= 0.3 is 5.97 Å². The van der Waals surface area contributed by atoms with Crippen molar-refractivity contribution >= 4 is 11.7 Å². The highest BCUT2D eigenvalue weighted by atomic mass is 16.4. The largest absolute Gasteiger partial charge is 0.481 e. The van der Waals surface area contributed by atoms with Gasteiger partial charge in [0.05, 0.1) is 5.41 Å². The summed E-state index contributed by atoms with van der Waals surface area (Å²) in [5.74, 6) is -0.673. The number of carboxylic acid groups (broad SMARTS) is 1. The number of carboxylic acids is 1. The minimum atomic E-state index is -0.673. The number of anilines is 1. The van der Waals surface area contributed by atoms with E-state index in [4.69, 9.17) is 0 Å². The Morgan fingerprint density at radius 2 is 2.41 bits per heavy atom. The van der Waals surface area contributed by atoms with Crippen molar-refractivity contribution in [2.45, 2.75) is 26.7 Å². The Hall–Kier alpha value is -1.58. The minimum absolute atomic E-state index is 0.572. The lowest BCUT2D eigenvalue weighted by Crippen LogP contribution is -2.34. The number of hydrogen-bond acceptors (Lipinski definition) is 3. The number of hydrogen-bond donors (Lipinski definition) is 1. The first-order chi connectivity index (χ1) is 8.07.